The van der Waals surface area contributed by atoms with Gasteiger partial charge in [-0.1, -0.05) is 0 Å². The van der Waals surface area contributed by atoms with E-state index in [1.54, 1.807) is 0 Å². The zero-order valence-electron chi connectivity index (χ0n) is 11.6. The Kier molecular flexibility index (Phi) is 5.89. The van der Waals surface area contributed by atoms with Crippen LogP contribution >= 0.6 is 0 Å². The maximum absolute atomic E-state index is 9.97. The summed E-state index contributed by atoms with van der Waals surface area (Å²) >= 11 is 0. The van der Waals surface area contributed by atoms with Gasteiger partial charge >= 0.3 is 0 Å². The average Bonchev–Trinajstić information content (AvgIpc) is 2.85. The van der Waals surface area contributed by atoms with Crippen LogP contribution in [0.3, 0.4) is 0 Å². The molecule has 4 heteroatoms. The van der Waals surface area contributed by atoms with Crippen molar-refractivity contribution in [1.82, 2.24) is 10.2 Å². The number of piperidine rings is 1. The van der Waals surface area contributed by atoms with Crippen molar-refractivity contribution < 1.29 is 9.84 Å². The number of likely N-dealkylation sites (tertiary alicyclic amines) is 1. The van der Waals surface area contributed by atoms with Gasteiger partial charge in [0.2, 0.25) is 0 Å². The van der Waals surface area contributed by atoms with Crippen LogP contribution in [0.5, 0.6) is 0 Å². The van der Waals surface area contributed by atoms with Gasteiger partial charge in [-0.05, 0) is 58.2 Å². The zero-order chi connectivity index (χ0) is 12.8. The van der Waals surface area contributed by atoms with E-state index >= 15 is 0 Å². The summed E-state index contributed by atoms with van der Waals surface area (Å²) in [6.07, 6.45) is 4.89. The predicted octanol–water partition coefficient (Wildman–Crippen LogP) is 0.848. The van der Waals surface area contributed by atoms with Crippen LogP contribution in [0.2, 0.25) is 0 Å². The SMILES string of the molecule is CCOCC(O)CN1CCCC1C1CCCNC1. The van der Waals surface area contributed by atoms with Crippen LogP contribution in [0.4, 0.5) is 0 Å². The molecule has 18 heavy (non-hydrogen) atoms. The van der Waals surface area contributed by atoms with Gasteiger partial charge in [-0.2, -0.15) is 0 Å². The fourth-order valence-electron chi connectivity index (χ4n) is 3.40. The molecule has 3 atom stereocenters. The standard InChI is InChI=1S/C14H28N2O2/c1-2-18-11-13(17)10-16-8-4-6-14(16)12-5-3-7-15-9-12/h12-15,17H,2-11H2,1H3. The third-order valence-corrected chi connectivity index (χ3v) is 4.25. The van der Waals surface area contributed by atoms with Crippen molar-refractivity contribution in [2.75, 3.05) is 39.4 Å². The molecular weight excluding hydrogens is 228 g/mol. The Bertz CT molecular complexity index is 232. The number of β-amino-alcohol motifs (C(OH)–C–C–N with tert-alkyl or cyclic N) is 1. The smallest absolute Gasteiger partial charge is 0.0900 e. The molecule has 4 nitrogen and oxygen atoms in total. The lowest BCUT2D eigenvalue weighted by Gasteiger charge is -2.35. The monoisotopic (exact) mass is 256 g/mol. The van der Waals surface area contributed by atoms with E-state index in [0.717, 1.165) is 25.6 Å². The van der Waals surface area contributed by atoms with E-state index < -0.39 is 0 Å². The minimum atomic E-state index is -0.331. The highest BCUT2D eigenvalue weighted by Gasteiger charge is 2.33. The van der Waals surface area contributed by atoms with Crippen molar-refractivity contribution in [3.8, 4) is 0 Å². The summed E-state index contributed by atoms with van der Waals surface area (Å²) in [4.78, 5) is 2.49. The molecule has 2 aliphatic rings. The minimum absolute atomic E-state index is 0.331. The molecule has 0 aromatic rings. The molecule has 3 unspecified atom stereocenters. The predicted molar refractivity (Wildman–Crippen MR) is 72.7 cm³/mol. The molecule has 0 amide bonds. The summed E-state index contributed by atoms with van der Waals surface area (Å²) in [6, 6.07) is 0.675. The molecule has 0 radical (unpaired) electrons. The van der Waals surface area contributed by atoms with Gasteiger partial charge in [0.1, 0.15) is 0 Å². The number of nitrogens with zero attached hydrogens (tertiary/aromatic N) is 1. The highest BCUT2D eigenvalue weighted by atomic mass is 16.5. The Morgan fingerprint density at radius 1 is 1.39 bits per heavy atom. The van der Waals surface area contributed by atoms with Crippen LogP contribution in [-0.4, -0.2) is 61.5 Å². The number of rotatable bonds is 6. The number of aliphatic hydroxyl groups is 1. The first-order chi connectivity index (χ1) is 8.81. The number of ether oxygens (including phenoxy) is 1. The van der Waals surface area contributed by atoms with Gasteiger partial charge in [-0.3, -0.25) is 4.90 Å². The zero-order valence-corrected chi connectivity index (χ0v) is 11.6. The molecule has 2 saturated heterocycles. The fraction of sp³-hybridized carbons (Fsp3) is 1.00. The van der Waals surface area contributed by atoms with Crippen LogP contribution in [0.1, 0.15) is 32.6 Å². The number of aliphatic hydroxyl groups excluding tert-OH is 1. The van der Waals surface area contributed by atoms with E-state index in [-0.39, 0.29) is 6.10 Å². The van der Waals surface area contributed by atoms with Gasteiger partial charge in [-0.25, -0.2) is 0 Å². The first-order valence-electron chi connectivity index (χ1n) is 7.51. The first-order valence-corrected chi connectivity index (χ1v) is 7.51. The van der Waals surface area contributed by atoms with Gasteiger partial charge in [0, 0.05) is 19.2 Å². The Morgan fingerprint density at radius 3 is 3.00 bits per heavy atom. The second-order valence-corrected chi connectivity index (χ2v) is 5.62. The average molecular weight is 256 g/mol. The molecule has 0 saturated carbocycles. The van der Waals surface area contributed by atoms with E-state index in [1.807, 2.05) is 6.92 Å². The lowest BCUT2D eigenvalue weighted by atomic mass is 9.90. The molecule has 106 valence electrons. The highest BCUT2D eigenvalue weighted by Crippen LogP contribution is 2.28. The van der Waals surface area contributed by atoms with E-state index in [1.165, 1.54) is 32.2 Å². The maximum atomic E-state index is 9.97. The van der Waals surface area contributed by atoms with E-state index in [0.29, 0.717) is 19.3 Å². The summed E-state index contributed by atoms with van der Waals surface area (Å²) in [5.74, 6) is 0.778. The summed E-state index contributed by atoms with van der Waals surface area (Å²) in [7, 11) is 0. The molecule has 2 heterocycles. The number of hydrogen-bond acceptors (Lipinski definition) is 4. The minimum Gasteiger partial charge on any atom is -0.389 e. The van der Waals surface area contributed by atoms with Crippen LogP contribution in [0, 0.1) is 5.92 Å². The molecule has 0 aromatic heterocycles. The van der Waals surface area contributed by atoms with Gasteiger partial charge in [0.25, 0.3) is 0 Å². The third kappa shape index (κ3) is 3.92. The van der Waals surface area contributed by atoms with Crippen molar-refractivity contribution in [1.29, 1.82) is 0 Å². The van der Waals surface area contributed by atoms with Gasteiger partial charge in [0.15, 0.2) is 0 Å². The highest BCUT2D eigenvalue weighted by molar-refractivity contribution is 4.88. The Hall–Kier alpha value is -0.160. The molecule has 2 N–H and O–H groups in total. The summed E-state index contributed by atoms with van der Waals surface area (Å²) < 4.78 is 5.30. The normalized spacial score (nSPS) is 31.7. The first kappa shape index (κ1) is 14.3. The molecule has 0 aliphatic carbocycles. The Balaban J connectivity index is 1.79. The topological polar surface area (TPSA) is 44.7 Å². The second kappa shape index (κ2) is 7.43. The third-order valence-electron chi connectivity index (χ3n) is 4.25. The molecule has 2 fully saturated rings. The van der Waals surface area contributed by atoms with E-state index in [2.05, 4.69) is 10.2 Å². The summed E-state index contributed by atoms with van der Waals surface area (Å²) in [5.41, 5.74) is 0. The van der Waals surface area contributed by atoms with Crippen molar-refractivity contribution in [2.45, 2.75) is 44.8 Å². The molecule has 0 bridgehead atoms. The molecular formula is C14H28N2O2. The lowest BCUT2D eigenvalue weighted by molar-refractivity contribution is 0.0127. The summed E-state index contributed by atoms with van der Waals surface area (Å²) in [5, 5.41) is 13.5. The Labute approximate surface area is 111 Å². The van der Waals surface area contributed by atoms with Gasteiger partial charge in [-0.15, -0.1) is 0 Å². The van der Waals surface area contributed by atoms with Crippen LogP contribution in [0.15, 0.2) is 0 Å². The molecule has 2 rings (SSSR count). The van der Waals surface area contributed by atoms with Gasteiger partial charge in [0.05, 0.1) is 12.7 Å². The van der Waals surface area contributed by atoms with Crippen LogP contribution < -0.4 is 5.32 Å². The number of hydrogen-bond donors (Lipinski definition) is 2. The van der Waals surface area contributed by atoms with Crippen LogP contribution in [-0.2, 0) is 4.74 Å². The molecule has 2 aliphatic heterocycles. The second-order valence-electron chi connectivity index (χ2n) is 5.62. The molecule has 0 spiro atoms. The molecule has 0 aromatic carbocycles. The van der Waals surface area contributed by atoms with Crippen molar-refractivity contribution in [2.24, 2.45) is 5.92 Å². The lowest BCUT2D eigenvalue weighted by Crippen LogP contribution is -2.46. The van der Waals surface area contributed by atoms with Crippen molar-refractivity contribution in [3.63, 3.8) is 0 Å². The van der Waals surface area contributed by atoms with E-state index in [9.17, 15) is 5.11 Å². The summed E-state index contributed by atoms with van der Waals surface area (Å²) in [6.45, 7) is 7.39. The fourth-order valence-corrected chi connectivity index (χ4v) is 3.40. The maximum Gasteiger partial charge on any atom is 0.0900 e. The largest absolute Gasteiger partial charge is 0.389 e. The van der Waals surface area contributed by atoms with Crippen molar-refractivity contribution >= 4 is 0 Å². The van der Waals surface area contributed by atoms with Gasteiger partial charge < -0.3 is 15.2 Å². The van der Waals surface area contributed by atoms with Crippen molar-refractivity contribution in [3.05, 3.63) is 0 Å². The van der Waals surface area contributed by atoms with Crippen LogP contribution in [0.25, 0.3) is 0 Å². The van der Waals surface area contributed by atoms with E-state index in [4.69, 9.17) is 4.74 Å². The Morgan fingerprint density at radius 2 is 2.28 bits per heavy atom. The quantitative estimate of drug-likeness (QED) is 0.739. The number of nitrogens with one attached hydrogen (secondary N) is 1.